The fraction of sp³-hybridized carbons (Fsp3) is 0.696. The van der Waals surface area contributed by atoms with Gasteiger partial charge in [-0.25, -0.2) is 18.6 Å². The third kappa shape index (κ3) is 3.16. The maximum Gasteiger partial charge on any atom is 0.306 e. The summed E-state index contributed by atoms with van der Waals surface area (Å²) in [6, 6.07) is 0.206. The minimum absolute atomic E-state index is 0.0372. The summed E-state index contributed by atoms with van der Waals surface area (Å²) >= 11 is 0. The lowest BCUT2D eigenvalue weighted by Gasteiger charge is -2.54. The van der Waals surface area contributed by atoms with Crippen LogP contribution >= 0.6 is 0 Å². The van der Waals surface area contributed by atoms with E-state index in [1.165, 1.54) is 0 Å². The number of carbonyl (C=O) groups is 1. The molecule has 3 aliphatic heterocycles. The molecule has 4 fully saturated rings. The molecule has 0 radical (unpaired) electrons. The van der Waals surface area contributed by atoms with Gasteiger partial charge in [0.1, 0.15) is 11.6 Å². The van der Waals surface area contributed by atoms with Crippen LogP contribution in [0.2, 0.25) is 0 Å². The van der Waals surface area contributed by atoms with Gasteiger partial charge in [-0.3, -0.25) is 4.79 Å². The van der Waals surface area contributed by atoms with Gasteiger partial charge in [-0.05, 0) is 56.4 Å². The van der Waals surface area contributed by atoms with Crippen LogP contribution in [0.25, 0.3) is 4.85 Å². The largest absolute Gasteiger partial charge is 0.466 e. The van der Waals surface area contributed by atoms with E-state index in [0.717, 1.165) is 32.5 Å². The van der Waals surface area contributed by atoms with Gasteiger partial charge in [0.05, 0.1) is 13.2 Å². The van der Waals surface area contributed by atoms with Crippen molar-refractivity contribution in [2.75, 3.05) is 36.0 Å². The minimum Gasteiger partial charge on any atom is -0.466 e. The van der Waals surface area contributed by atoms with E-state index in [4.69, 9.17) is 16.3 Å². The van der Waals surface area contributed by atoms with Crippen LogP contribution in [0.3, 0.4) is 0 Å². The average Bonchev–Trinajstić information content (AvgIpc) is 3.06. The monoisotopic (exact) mass is 430 g/mol. The van der Waals surface area contributed by atoms with E-state index in [1.807, 2.05) is 18.7 Å². The predicted octanol–water partition coefficient (Wildman–Crippen LogP) is 4.29. The Kier molecular flexibility index (Phi) is 4.83. The molecule has 2 aliphatic carbocycles. The number of alkyl halides is 2. The highest BCUT2D eigenvalue weighted by Crippen LogP contribution is 2.55. The molecule has 1 aromatic rings. The van der Waals surface area contributed by atoms with Crippen LogP contribution < -0.4 is 9.80 Å². The number of piperidine rings is 2. The fourth-order valence-corrected chi connectivity index (χ4v) is 5.93. The zero-order valence-electron chi connectivity index (χ0n) is 18.0. The molecule has 1 unspecified atom stereocenters. The first kappa shape index (κ1) is 20.5. The Labute approximate surface area is 181 Å². The van der Waals surface area contributed by atoms with E-state index >= 15 is 0 Å². The molecule has 166 valence electrons. The Morgan fingerprint density at radius 1 is 1.32 bits per heavy atom. The normalized spacial score (nSPS) is 30.2. The molecule has 5 aliphatic rings. The van der Waals surface area contributed by atoms with Gasteiger partial charge in [0, 0.05) is 44.1 Å². The molecule has 2 bridgehead atoms. The van der Waals surface area contributed by atoms with E-state index in [1.54, 1.807) is 0 Å². The number of nitrogens with zero attached hydrogens (tertiary/aromatic N) is 4. The molecule has 6 nitrogen and oxygen atoms in total. The first-order valence-corrected chi connectivity index (χ1v) is 11.3. The van der Waals surface area contributed by atoms with Crippen molar-refractivity contribution in [1.29, 1.82) is 0 Å². The Morgan fingerprint density at radius 3 is 2.65 bits per heavy atom. The molecule has 6 rings (SSSR count). The van der Waals surface area contributed by atoms with Crippen LogP contribution in [0.4, 0.5) is 26.1 Å². The summed E-state index contributed by atoms with van der Waals surface area (Å²) in [5.41, 5.74) is 0.496. The summed E-state index contributed by atoms with van der Waals surface area (Å²) in [4.78, 5) is 24.5. The van der Waals surface area contributed by atoms with E-state index in [-0.39, 0.29) is 36.1 Å². The summed E-state index contributed by atoms with van der Waals surface area (Å²) in [5, 5.41) is 0. The second-order valence-electron chi connectivity index (χ2n) is 9.44. The van der Waals surface area contributed by atoms with Crippen LogP contribution in [-0.4, -0.2) is 43.2 Å². The third-order valence-electron chi connectivity index (χ3n) is 7.72. The van der Waals surface area contributed by atoms with E-state index < -0.39 is 5.92 Å². The number of rotatable bonds is 5. The van der Waals surface area contributed by atoms with Crippen molar-refractivity contribution >= 4 is 23.3 Å². The van der Waals surface area contributed by atoms with Crippen molar-refractivity contribution in [3.05, 3.63) is 22.5 Å². The maximum absolute atomic E-state index is 14.9. The lowest BCUT2D eigenvalue weighted by molar-refractivity contribution is -0.147. The van der Waals surface area contributed by atoms with Gasteiger partial charge < -0.3 is 14.5 Å². The summed E-state index contributed by atoms with van der Waals surface area (Å²) in [6.07, 6.45) is 2.47. The number of pyridine rings is 1. The van der Waals surface area contributed by atoms with Crippen molar-refractivity contribution in [1.82, 2.24) is 4.98 Å². The number of fused-ring (bicyclic) bond motifs is 3. The molecular weight excluding hydrogens is 402 g/mol. The van der Waals surface area contributed by atoms with Gasteiger partial charge in [0.15, 0.2) is 0 Å². The van der Waals surface area contributed by atoms with Crippen LogP contribution in [0, 0.1) is 24.3 Å². The molecular formula is C23H28F2N4O2. The van der Waals surface area contributed by atoms with Crippen molar-refractivity contribution in [2.45, 2.75) is 57.9 Å². The van der Waals surface area contributed by atoms with E-state index in [0.29, 0.717) is 48.0 Å². The van der Waals surface area contributed by atoms with Gasteiger partial charge in [-0.1, -0.05) is 0 Å². The zero-order chi connectivity index (χ0) is 21.9. The number of hydrogen-bond donors (Lipinski definition) is 0. The average molecular weight is 430 g/mol. The Balaban J connectivity index is 1.47. The van der Waals surface area contributed by atoms with E-state index in [9.17, 15) is 13.6 Å². The van der Waals surface area contributed by atoms with Gasteiger partial charge in [-0.15, -0.1) is 0 Å². The molecule has 4 heterocycles. The number of carbonyl (C=O) groups excluding carboxylic acids is 1. The molecule has 1 aromatic heterocycles. The quantitative estimate of drug-likeness (QED) is 0.515. The Hall–Kier alpha value is -2.43. The minimum atomic E-state index is -2.99. The SMILES string of the molecule is [C-]#[N+]c1c(N2CC[C@@H]2C)nc(N2C[C@H]3C[C@@H](C2)C3CC(=O)OCC)c2c1C(F)(F)CC2. The number of esters is 1. The molecule has 8 heteroatoms. The van der Waals surface area contributed by atoms with Crippen LogP contribution in [-0.2, 0) is 21.9 Å². The van der Waals surface area contributed by atoms with Gasteiger partial charge in [0.2, 0.25) is 5.69 Å². The van der Waals surface area contributed by atoms with E-state index in [2.05, 4.69) is 9.74 Å². The smallest absolute Gasteiger partial charge is 0.306 e. The van der Waals surface area contributed by atoms with Gasteiger partial charge in [0.25, 0.3) is 5.92 Å². The summed E-state index contributed by atoms with van der Waals surface area (Å²) in [5.74, 6) is -1.05. The standard InChI is InChI=1S/C23H28F2N4O2/c1-4-31-18(30)10-17-14-9-15(17)12-28(11-14)21-16-5-7-23(24,25)19(16)20(26-3)22(27-21)29-8-6-13(29)2/h13-15,17H,4-12H2,1-2H3/t13-,14-,15+,17?/m0/s1. The highest BCUT2D eigenvalue weighted by Gasteiger charge is 2.50. The van der Waals surface area contributed by atoms with Crippen molar-refractivity contribution in [3.63, 3.8) is 0 Å². The highest BCUT2D eigenvalue weighted by atomic mass is 19.3. The number of ether oxygens (including phenoxy) is 1. The van der Waals surface area contributed by atoms with Crippen LogP contribution in [0.15, 0.2) is 0 Å². The second kappa shape index (κ2) is 7.32. The first-order chi connectivity index (χ1) is 14.8. The fourth-order valence-electron chi connectivity index (χ4n) is 5.93. The highest BCUT2D eigenvalue weighted by molar-refractivity contribution is 5.79. The summed E-state index contributed by atoms with van der Waals surface area (Å²) in [6.45, 7) is 14.1. The third-order valence-corrected chi connectivity index (χ3v) is 7.72. The van der Waals surface area contributed by atoms with Gasteiger partial charge >= 0.3 is 5.97 Å². The van der Waals surface area contributed by atoms with Crippen LogP contribution in [0.1, 0.15) is 50.7 Å². The van der Waals surface area contributed by atoms with Gasteiger partial charge in [-0.2, -0.15) is 0 Å². The first-order valence-electron chi connectivity index (χ1n) is 11.3. The lowest BCUT2D eigenvalue weighted by Crippen LogP contribution is -2.56. The number of halogens is 2. The molecule has 31 heavy (non-hydrogen) atoms. The number of anilines is 2. The van der Waals surface area contributed by atoms with Crippen molar-refractivity contribution in [3.8, 4) is 0 Å². The van der Waals surface area contributed by atoms with Crippen molar-refractivity contribution in [2.24, 2.45) is 17.8 Å². The number of aromatic nitrogens is 1. The molecule has 1 saturated carbocycles. The molecule has 3 saturated heterocycles. The molecule has 4 atom stereocenters. The molecule has 0 N–H and O–H groups in total. The molecule has 0 aromatic carbocycles. The maximum atomic E-state index is 14.9. The zero-order valence-corrected chi connectivity index (χ0v) is 18.0. The topological polar surface area (TPSA) is 50.0 Å². The predicted molar refractivity (Wildman–Crippen MR) is 113 cm³/mol. The summed E-state index contributed by atoms with van der Waals surface area (Å²) in [7, 11) is 0. The van der Waals surface area contributed by atoms with Crippen LogP contribution in [0.5, 0.6) is 0 Å². The molecule has 0 spiro atoms. The summed E-state index contributed by atoms with van der Waals surface area (Å²) < 4.78 is 34.9. The Bertz CT molecular complexity index is 948. The number of hydrogen-bond acceptors (Lipinski definition) is 5. The molecule has 0 amide bonds. The lowest BCUT2D eigenvalue weighted by atomic mass is 9.60. The second-order valence-corrected chi connectivity index (χ2v) is 9.44. The van der Waals surface area contributed by atoms with Crippen molar-refractivity contribution < 1.29 is 18.3 Å². The Morgan fingerprint density at radius 2 is 2.06 bits per heavy atom.